The summed E-state index contributed by atoms with van der Waals surface area (Å²) in [5.74, 6) is 0. The normalized spacial score (nSPS) is 10.9. The van der Waals surface area contributed by atoms with Crippen molar-refractivity contribution in [2.45, 2.75) is 0 Å². The van der Waals surface area contributed by atoms with Gasteiger partial charge in [-0.2, -0.15) is 6.78 Å². The van der Waals surface area contributed by atoms with Gasteiger partial charge >= 0.3 is 0 Å². The van der Waals surface area contributed by atoms with Crippen molar-refractivity contribution in [2.75, 3.05) is 12.5 Å². The van der Waals surface area contributed by atoms with E-state index in [0.717, 1.165) is 0 Å². The van der Waals surface area contributed by atoms with Crippen LogP contribution in [-0.4, -0.2) is 12.5 Å². The van der Waals surface area contributed by atoms with E-state index >= 15 is 0 Å². The van der Waals surface area contributed by atoms with Gasteiger partial charge in [0.2, 0.25) is 0 Å². The number of halogens is 2. The Hall–Kier alpha value is 0.910. The molecule has 0 heterocycles. The Kier molecular flexibility index (Phi) is 3.44. The highest BCUT2D eigenvalue weighted by Crippen LogP contribution is 1.99. The predicted octanol–water partition coefficient (Wildman–Crippen LogP) is 2.39. The lowest BCUT2D eigenvalue weighted by Crippen LogP contribution is -1.83. The molecule has 0 aliphatic heterocycles. The topological polar surface area (TPSA) is 24.7 Å². The Balaban J connectivity index is 4.51. The molecule has 0 saturated heterocycles. The Morgan fingerprint density at radius 2 is 1.43 bits per heavy atom. The minimum absolute atomic E-state index is 1.07. The lowest BCUT2D eigenvalue weighted by molar-refractivity contribution is 1.95. The molecule has 0 aliphatic carbocycles. The Morgan fingerprint density at radius 1 is 1.14 bits per heavy atom. The van der Waals surface area contributed by atoms with E-state index in [1.54, 1.807) is 0 Å². The maximum Gasteiger partial charge on any atom is 0.0830 e. The van der Waals surface area contributed by atoms with E-state index in [1.807, 2.05) is 12.5 Å². The molecule has 0 saturated carbocycles. The third-order valence-electron chi connectivity index (χ3n) is 0.338. The van der Waals surface area contributed by atoms with Crippen molar-refractivity contribution >= 4 is 41.9 Å². The Bertz CT molecular complexity index is 133. The van der Waals surface area contributed by atoms with Gasteiger partial charge in [0.1, 0.15) is 0 Å². The highest BCUT2D eigenvalue weighted by molar-refractivity contribution is 9.10. The summed E-state index contributed by atoms with van der Waals surface area (Å²) in [5.41, 5.74) is 0. The molecule has 0 N–H and O–H groups in total. The molecular formula is C2H6Br2N2S. The number of nitrogens with zero attached hydrogens (tertiary/aromatic N) is 2. The van der Waals surface area contributed by atoms with Crippen LogP contribution < -0.4 is 0 Å². The number of hydrogen-bond acceptors (Lipinski definition) is 2. The van der Waals surface area contributed by atoms with Gasteiger partial charge < -0.3 is 0 Å². The van der Waals surface area contributed by atoms with Crippen molar-refractivity contribution in [3.8, 4) is 0 Å². The van der Waals surface area contributed by atoms with E-state index in [4.69, 9.17) is 0 Å². The molecule has 0 rings (SSSR count). The zero-order chi connectivity index (χ0) is 5.91. The first-order valence-corrected chi connectivity index (χ1v) is 5.30. The third-order valence-corrected chi connectivity index (χ3v) is 5.26. The van der Waals surface area contributed by atoms with Gasteiger partial charge in [0.05, 0.1) is 32.3 Å². The van der Waals surface area contributed by atoms with E-state index in [-0.39, 0.29) is 0 Å². The van der Waals surface area contributed by atoms with Crippen LogP contribution in [0.4, 0.5) is 0 Å². The second-order valence-corrected chi connectivity index (χ2v) is 5.81. The molecular weight excluding hydrogens is 244 g/mol. The number of rotatable bonds is 0. The monoisotopic (exact) mass is 248 g/mol. The Morgan fingerprint density at radius 3 is 1.43 bits per heavy atom. The van der Waals surface area contributed by atoms with Crippen LogP contribution in [0, 0.1) is 0 Å². The van der Waals surface area contributed by atoms with Gasteiger partial charge in [-0.15, -0.1) is 0 Å². The SMILES string of the molecule is CS(C)(=NBr)=NBr. The molecule has 0 aromatic carbocycles. The molecule has 7 heavy (non-hydrogen) atoms. The van der Waals surface area contributed by atoms with Crippen LogP contribution in [0.3, 0.4) is 0 Å². The van der Waals surface area contributed by atoms with Crippen molar-refractivity contribution in [3.05, 3.63) is 0 Å². The molecule has 0 bridgehead atoms. The lowest BCUT2D eigenvalue weighted by atomic mass is 11.9. The molecule has 0 unspecified atom stereocenters. The average Bonchev–Trinajstić information content (AvgIpc) is 1.68. The molecule has 0 spiro atoms. The van der Waals surface area contributed by atoms with Crippen LogP contribution in [0.15, 0.2) is 6.78 Å². The zero-order valence-corrected chi connectivity index (χ0v) is 8.05. The number of hydrogen-bond donors (Lipinski definition) is 0. The summed E-state index contributed by atoms with van der Waals surface area (Å²) in [5, 5.41) is 0. The zero-order valence-electron chi connectivity index (χ0n) is 4.06. The maximum absolute atomic E-state index is 3.82. The summed E-state index contributed by atoms with van der Waals surface area (Å²) in [6.07, 6.45) is 3.91. The first-order chi connectivity index (χ1) is 3.12. The summed E-state index contributed by atoms with van der Waals surface area (Å²) in [6.45, 7) is 0. The summed E-state index contributed by atoms with van der Waals surface area (Å²) >= 11 is 5.94. The molecule has 0 aliphatic rings. The minimum Gasteiger partial charge on any atom is -0.176 e. The third kappa shape index (κ3) is 3.49. The molecule has 0 atom stereocenters. The van der Waals surface area contributed by atoms with Crippen LogP contribution in [-0.2, 0) is 9.62 Å². The van der Waals surface area contributed by atoms with Crippen molar-refractivity contribution in [1.82, 2.24) is 0 Å². The maximum atomic E-state index is 3.82. The van der Waals surface area contributed by atoms with Gasteiger partial charge in [0.25, 0.3) is 0 Å². The fourth-order valence-corrected chi connectivity index (χ4v) is 0.945. The average molecular weight is 250 g/mol. The van der Waals surface area contributed by atoms with Crippen LogP contribution in [0.1, 0.15) is 0 Å². The standard InChI is InChI=1S/C2H6Br2N2S/c1-7(2,5-3)6-4/h1-2H3. The fourth-order valence-electron chi connectivity index (χ4n) is 0.0117. The fraction of sp³-hybridized carbons (Fsp3) is 1.00. The van der Waals surface area contributed by atoms with Crippen LogP contribution in [0.2, 0.25) is 0 Å². The van der Waals surface area contributed by atoms with Gasteiger partial charge in [0.15, 0.2) is 0 Å². The first-order valence-electron chi connectivity index (χ1n) is 1.52. The van der Waals surface area contributed by atoms with Crippen LogP contribution in [0.5, 0.6) is 0 Å². The van der Waals surface area contributed by atoms with Crippen molar-refractivity contribution in [2.24, 2.45) is 6.78 Å². The van der Waals surface area contributed by atoms with Gasteiger partial charge in [0, 0.05) is 12.5 Å². The largest absolute Gasteiger partial charge is 0.176 e. The smallest absolute Gasteiger partial charge is 0.0830 e. The van der Waals surface area contributed by atoms with Crippen LogP contribution in [0.25, 0.3) is 0 Å². The lowest BCUT2D eigenvalue weighted by Gasteiger charge is -1.90. The van der Waals surface area contributed by atoms with Crippen molar-refractivity contribution in [3.63, 3.8) is 0 Å². The summed E-state index contributed by atoms with van der Waals surface area (Å²) in [7, 11) is -1.07. The van der Waals surface area contributed by atoms with Gasteiger partial charge in [-0.25, -0.2) is 0 Å². The van der Waals surface area contributed by atoms with E-state index < -0.39 is 9.62 Å². The van der Waals surface area contributed by atoms with E-state index in [2.05, 4.69) is 39.1 Å². The van der Waals surface area contributed by atoms with Crippen LogP contribution >= 0.6 is 32.3 Å². The molecule has 5 heteroatoms. The molecule has 0 fully saturated rings. The van der Waals surface area contributed by atoms with Gasteiger partial charge in [-0.05, 0) is 9.62 Å². The highest BCUT2D eigenvalue weighted by atomic mass is 79.9. The summed E-state index contributed by atoms with van der Waals surface area (Å²) in [6, 6.07) is 0. The minimum atomic E-state index is -1.07. The van der Waals surface area contributed by atoms with E-state index in [0.29, 0.717) is 0 Å². The molecule has 0 aromatic heterocycles. The van der Waals surface area contributed by atoms with Gasteiger partial charge in [-0.3, -0.25) is 0 Å². The molecule has 44 valence electrons. The molecule has 2 nitrogen and oxygen atoms in total. The van der Waals surface area contributed by atoms with Gasteiger partial charge in [-0.1, -0.05) is 0 Å². The summed E-state index contributed by atoms with van der Waals surface area (Å²) < 4.78 is 7.64. The first kappa shape index (κ1) is 7.91. The molecule has 0 radical (unpaired) electrons. The van der Waals surface area contributed by atoms with Crippen molar-refractivity contribution in [1.29, 1.82) is 0 Å². The van der Waals surface area contributed by atoms with E-state index in [1.165, 1.54) is 0 Å². The molecule has 0 aromatic rings. The highest BCUT2D eigenvalue weighted by Gasteiger charge is 1.80. The van der Waals surface area contributed by atoms with Crippen molar-refractivity contribution < 1.29 is 0 Å². The van der Waals surface area contributed by atoms with E-state index in [9.17, 15) is 0 Å². The summed E-state index contributed by atoms with van der Waals surface area (Å²) in [4.78, 5) is 0. The second-order valence-electron chi connectivity index (χ2n) is 1.36. The quantitative estimate of drug-likeness (QED) is 0.630. The molecule has 0 amide bonds. The Labute approximate surface area is 61.2 Å². The second kappa shape index (κ2) is 3.04. The predicted molar refractivity (Wildman–Crippen MR) is 41.9 cm³/mol.